The molecule has 0 amide bonds. The lowest BCUT2D eigenvalue weighted by molar-refractivity contribution is -0.137. The number of aromatic nitrogens is 3. The Hall–Kier alpha value is -2.96. The normalized spacial score (nSPS) is 23.9. The first-order valence-electron chi connectivity index (χ1n) is 13.5. The van der Waals surface area contributed by atoms with Crippen molar-refractivity contribution in [2.45, 2.75) is 55.9 Å². The van der Waals surface area contributed by atoms with Crippen LogP contribution in [0.5, 0.6) is 11.8 Å². The van der Waals surface area contributed by atoms with Gasteiger partial charge in [-0.05, 0) is 57.3 Å². The number of alkyl halides is 3. The van der Waals surface area contributed by atoms with Gasteiger partial charge in [0.1, 0.15) is 29.4 Å². The van der Waals surface area contributed by atoms with Gasteiger partial charge >= 0.3 is 12.2 Å². The average molecular weight is 579 g/mol. The standard InChI is InChI=1S/C27H27ClF4N6O2/c28-19-9-16(39)8-17(20(19)27(30,31)32)22-21(29)23-18(11-34-22)24(38-12-14-7-15(38)10-33-14)36-25(35-23)40-13-26-3-1-5-37(26)6-2-4-26/h8-9,11,14-15,33,39H,1-7,10,12-13H2/t14-,15-/m1/s1. The summed E-state index contributed by atoms with van der Waals surface area (Å²) >= 11 is 5.87. The van der Waals surface area contributed by atoms with Crippen LogP contribution >= 0.6 is 11.6 Å². The summed E-state index contributed by atoms with van der Waals surface area (Å²) in [4.78, 5) is 17.7. The lowest BCUT2D eigenvalue weighted by Crippen LogP contribution is -2.44. The van der Waals surface area contributed by atoms with Crippen LogP contribution in [-0.2, 0) is 6.18 Å². The monoisotopic (exact) mass is 578 g/mol. The molecule has 6 heterocycles. The Kier molecular flexibility index (Phi) is 6.03. The van der Waals surface area contributed by atoms with E-state index in [-0.39, 0.29) is 34.5 Å². The van der Waals surface area contributed by atoms with Gasteiger partial charge in [-0.15, -0.1) is 0 Å². The predicted molar refractivity (Wildman–Crippen MR) is 140 cm³/mol. The predicted octanol–water partition coefficient (Wildman–Crippen LogP) is 4.77. The smallest absolute Gasteiger partial charge is 0.418 e. The number of phenols is 1. The molecule has 4 fully saturated rings. The topological polar surface area (TPSA) is 86.6 Å². The van der Waals surface area contributed by atoms with Crippen molar-refractivity contribution in [1.82, 2.24) is 25.2 Å². The number of pyridine rings is 1. The fourth-order valence-electron chi connectivity index (χ4n) is 7.04. The Morgan fingerprint density at radius 1 is 1.18 bits per heavy atom. The Labute approximate surface area is 232 Å². The summed E-state index contributed by atoms with van der Waals surface area (Å²) in [6.45, 7) is 3.77. The molecule has 8 nitrogen and oxygen atoms in total. The number of anilines is 1. The highest BCUT2D eigenvalue weighted by atomic mass is 35.5. The first-order valence-corrected chi connectivity index (χ1v) is 13.8. The van der Waals surface area contributed by atoms with Crippen molar-refractivity contribution in [3.8, 4) is 23.0 Å². The van der Waals surface area contributed by atoms with Crippen LogP contribution in [0.1, 0.15) is 37.7 Å². The molecule has 4 aliphatic rings. The fourth-order valence-corrected chi connectivity index (χ4v) is 7.36. The summed E-state index contributed by atoms with van der Waals surface area (Å²) in [6.07, 6.45) is 1.43. The summed E-state index contributed by atoms with van der Waals surface area (Å²) < 4.78 is 64.3. The zero-order valence-corrected chi connectivity index (χ0v) is 22.2. The van der Waals surface area contributed by atoms with Gasteiger partial charge in [-0.2, -0.15) is 23.1 Å². The number of phenolic OH excluding ortho intramolecular Hbond substituents is 1. The SMILES string of the molecule is Oc1cc(Cl)c(C(F)(F)F)c(-c2ncc3c(N4C[C@H]5C[C@@H]4CN5)nc(OCC45CCCN4CCC5)nc3c2F)c1. The van der Waals surface area contributed by atoms with Gasteiger partial charge in [-0.25, -0.2) is 4.39 Å². The molecule has 0 unspecified atom stereocenters. The van der Waals surface area contributed by atoms with Crippen LogP contribution in [0.2, 0.25) is 5.02 Å². The number of piperazine rings is 1. The second kappa shape index (κ2) is 9.28. The first kappa shape index (κ1) is 26.0. The Morgan fingerprint density at radius 3 is 2.62 bits per heavy atom. The number of aromatic hydroxyl groups is 1. The third kappa shape index (κ3) is 4.14. The van der Waals surface area contributed by atoms with Crippen molar-refractivity contribution < 1.29 is 27.4 Å². The van der Waals surface area contributed by atoms with Gasteiger partial charge in [0.25, 0.3) is 0 Å². The number of fused-ring (bicyclic) bond motifs is 4. The molecular weight excluding hydrogens is 552 g/mol. The molecular formula is C27H27ClF4N6O2. The van der Waals surface area contributed by atoms with Crippen molar-refractivity contribution in [2.24, 2.45) is 0 Å². The van der Waals surface area contributed by atoms with Crippen molar-refractivity contribution >= 4 is 28.3 Å². The van der Waals surface area contributed by atoms with Gasteiger partial charge in [0.15, 0.2) is 5.82 Å². The molecule has 4 aliphatic heterocycles. The van der Waals surface area contributed by atoms with Crippen molar-refractivity contribution in [3.05, 3.63) is 34.7 Å². The number of benzene rings is 1. The van der Waals surface area contributed by atoms with E-state index in [0.717, 1.165) is 63.9 Å². The van der Waals surface area contributed by atoms with Crippen molar-refractivity contribution in [2.75, 3.05) is 37.7 Å². The first-order chi connectivity index (χ1) is 19.1. The molecule has 7 rings (SSSR count). The largest absolute Gasteiger partial charge is 0.508 e. The number of ether oxygens (including phenoxy) is 1. The van der Waals surface area contributed by atoms with Gasteiger partial charge in [-0.1, -0.05) is 11.6 Å². The molecule has 2 N–H and O–H groups in total. The summed E-state index contributed by atoms with van der Waals surface area (Å²) in [5.41, 5.74) is -2.87. The minimum atomic E-state index is -4.91. The molecule has 13 heteroatoms. The van der Waals surface area contributed by atoms with Crippen LogP contribution in [-0.4, -0.2) is 75.4 Å². The number of rotatable bonds is 5. The third-order valence-corrected chi connectivity index (χ3v) is 9.16. The molecule has 2 atom stereocenters. The van der Waals surface area contributed by atoms with Gasteiger partial charge < -0.3 is 20.1 Å². The van der Waals surface area contributed by atoms with E-state index < -0.39 is 39.6 Å². The van der Waals surface area contributed by atoms with E-state index in [0.29, 0.717) is 19.0 Å². The van der Waals surface area contributed by atoms with Crippen molar-refractivity contribution in [1.29, 1.82) is 0 Å². The molecule has 0 aliphatic carbocycles. The zero-order valence-electron chi connectivity index (χ0n) is 21.4. The highest BCUT2D eigenvalue weighted by molar-refractivity contribution is 6.32. The van der Waals surface area contributed by atoms with Crippen LogP contribution in [0.25, 0.3) is 22.2 Å². The average Bonchev–Trinajstić information content (AvgIpc) is 3.68. The lowest BCUT2D eigenvalue weighted by Gasteiger charge is -2.32. The van der Waals surface area contributed by atoms with E-state index in [1.54, 1.807) is 0 Å². The van der Waals surface area contributed by atoms with E-state index in [2.05, 4.69) is 25.1 Å². The second-order valence-electron chi connectivity index (χ2n) is 11.2. The van der Waals surface area contributed by atoms with Gasteiger partial charge in [0, 0.05) is 36.9 Å². The molecule has 0 saturated carbocycles. The fraction of sp³-hybridized carbons (Fsp3) is 0.519. The lowest BCUT2D eigenvalue weighted by atomic mass is 9.95. The van der Waals surface area contributed by atoms with Gasteiger partial charge in [0.2, 0.25) is 0 Å². The minimum Gasteiger partial charge on any atom is -0.508 e. The van der Waals surface area contributed by atoms with E-state index in [4.69, 9.17) is 21.3 Å². The quantitative estimate of drug-likeness (QED) is 0.419. The van der Waals surface area contributed by atoms with Crippen LogP contribution in [0.4, 0.5) is 23.4 Å². The maximum Gasteiger partial charge on any atom is 0.418 e. The van der Waals surface area contributed by atoms with Gasteiger partial charge in [0.05, 0.1) is 21.5 Å². The van der Waals surface area contributed by atoms with Gasteiger partial charge in [-0.3, -0.25) is 9.88 Å². The second-order valence-corrected chi connectivity index (χ2v) is 11.6. The third-order valence-electron chi connectivity index (χ3n) is 8.87. The van der Waals surface area contributed by atoms with Crippen LogP contribution < -0.4 is 15.0 Å². The highest BCUT2D eigenvalue weighted by Gasteiger charge is 2.45. The van der Waals surface area contributed by atoms with Crippen LogP contribution in [0, 0.1) is 5.82 Å². The summed E-state index contributed by atoms with van der Waals surface area (Å²) in [7, 11) is 0. The number of hydrogen-bond acceptors (Lipinski definition) is 8. The summed E-state index contributed by atoms with van der Waals surface area (Å²) in [6, 6.07) is 1.96. The molecule has 3 aromatic rings. The van der Waals surface area contributed by atoms with Crippen LogP contribution in [0.15, 0.2) is 18.3 Å². The van der Waals surface area contributed by atoms with Crippen LogP contribution in [0.3, 0.4) is 0 Å². The summed E-state index contributed by atoms with van der Waals surface area (Å²) in [5.74, 6) is -1.16. The number of halogens is 5. The number of nitrogens with one attached hydrogen (secondary N) is 1. The molecule has 212 valence electrons. The van der Waals surface area contributed by atoms with E-state index >= 15 is 4.39 Å². The molecule has 40 heavy (non-hydrogen) atoms. The molecule has 1 aromatic carbocycles. The highest BCUT2D eigenvalue weighted by Crippen LogP contribution is 2.45. The maximum atomic E-state index is 16.2. The molecule has 4 saturated heterocycles. The molecule has 2 bridgehead atoms. The zero-order chi connectivity index (χ0) is 27.8. The Balaban J connectivity index is 1.36. The Bertz CT molecular complexity index is 1490. The molecule has 0 radical (unpaired) electrons. The number of nitrogens with zero attached hydrogens (tertiary/aromatic N) is 5. The Morgan fingerprint density at radius 2 is 1.95 bits per heavy atom. The van der Waals surface area contributed by atoms with E-state index in [1.165, 1.54) is 6.20 Å². The molecule has 2 aromatic heterocycles. The summed E-state index contributed by atoms with van der Waals surface area (Å²) in [5, 5.41) is 13.0. The van der Waals surface area contributed by atoms with Crippen molar-refractivity contribution in [3.63, 3.8) is 0 Å². The number of hydrogen-bond donors (Lipinski definition) is 2. The maximum absolute atomic E-state index is 16.2. The van der Waals surface area contributed by atoms with E-state index in [9.17, 15) is 18.3 Å². The molecule has 0 spiro atoms. The van der Waals surface area contributed by atoms with E-state index in [1.807, 2.05) is 0 Å². The minimum absolute atomic E-state index is 0.0209.